The van der Waals surface area contributed by atoms with Crippen LogP contribution in [0.15, 0.2) is 42.5 Å². The van der Waals surface area contributed by atoms with Gasteiger partial charge in [-0.15, -0.1) is 23.2 Å². The maximum absolute atomic E-state index is 12.2. The fourth-order valence-electron chi connectivity index (χ4n) is 2.78. The Bertz CT molecular complexity index is 876. The first-order valence-corrected chi connectivity index (χ1v) is 11.0. The number of amides is 1. The third-order valence-electron chi connectivity index (χ3n) is 4.37. The van der Waals surface area contributed by atoms with E-state index in [1.165, 1.54) is 18.2 Å². The Labute approximate surface area is 196 Å². The highest BCUT2D eigenvalue weighted by molar-refractivity contribution is 6.18. The zero-order chi connectivity index (χ0) is 23.3. The number of aliphatic hydroxyl groups is 1. The van der Waals surface area contributed by atoms with Crippen LogP contribution >= 0.6 is 23.2 Å². The molecule has 0 atom stereocenters. The molecular weight excluding hydrogens is 461 g/mol. The predicted octanol–water partition coefficient (Wildman–Crippen LogP) is 4.39. The molecule has 2 N–H and O–H groups in total. The van der Waals surface area contributed by atoms with Crippen molar-refractivity contribution in [3.8, 4) is 5.75 Å². The van der Waals surface area contributed by atoms with Gasteiger partial charge in [0.2, 0.25) is 0 Å². The Hall–Kier alpha value is -2.75. The largest absolute Gasteiger partial charge is 0.493 e. The molecule has 2 aromatic carbocycles. The number of ether oxygens (including phenoxy) is 2. The normalized spacial score (nSPS) is 10.5. The molecule has 1 amide bonds. The summed E-state index contributed by atoms with van der Waals surface area (Å²) in [4.78, 5) is 24.7. The fourth-order valence-corrected chi connectivity index (χ4v) is 3.19. The van der Waals surface area contributed by atoms with E-state index in [9.17, 15) is 14.9 Å². The monoisotopic (exact) mass is 485 g/mol. The SMILES string of the molecule is O=C(Nc1ccc(N(CCCl)CCCl)cc1)OCc1ccc([N+](=O)[O-])cc1OCCCO. The molecule has 0 fully saturated rings. The van der Waals surface area contributed by atoms with E-state index in [-0.39, 0.29) is 31.3 Å². The molecule has 0 radical (unpaired) electrons. The van der Waals surface area contributed by atoms with Gasteiger partial charge < -0.3 is 19.5 Å². The molecule has 0 aliphatic carbocycles. The molecule has 174 valence electrons. The number of nitro groups is 1. The van der Waals surface area contributed by atoms with E-state index in [1.54, 1.807) is 12.1 Å². The lowest BCUT2D eigenvalue weighted by Crippen LogP contribution is -2.27. The number of carbonyl (C=O) groups excluding carboxylic acids is 1. The van der Waals surface area contributed by atoms with Gasteiger partial charge in [0.1, 0.15) is 12.4 Å². The maximum Gasteiger partial charge on any atom is 0.411 e. The van der Waals surface area contributed by atoms with Gasteiger partial charge in [-0.05, 0) is 30.3 Å². The average molecular weight is 486 g/mol. The molecule has 0 heterocycles. The van der Waals surface area contributed by atoms with Crippen molar-refractivity contribution in [1.29, 1.82) is 0 Å². The molecule has 11 heteroatoms. The molecule has 0 bridgehead atoms. The van der Waals surface area contributed by atoms with Crippen molar-refractivity contribution in [2.24, 2.45) is 0 Å². The summed E-state index contributed by atoms with van der Waals surface area (Å²) >= 11 is 11.7. The van der Waals surface area contributed by atoms with E-state index in [0.717, 1.165) is 5.69 Å². The number of benzene rings is 2. The molecule has 2 aromatic rings. The summed E-state index contributed by atoms with van der Waals surface area (Å²) in [6, 6.07) is 11.2. The van der Waals surface area contributed by atoms with Crippen molar-refractivity contribution in [2.75, 3.05) is 48.3 Å². The van der Waals surface area contributed by atoms with Gasteiger partial charge in [-0.1, -0.05) is 0 Å². The highest BCUT2D eigenvalue weighted by Gasteiger charge is 2.14. The van der Waals surface area contributed by atoms with Crippen molar-refractivity contribution in [3.63, 3.8) is 0 Å². The summed E-state index contributed by atoms with van der Waals surface area (Å²) in [5.74, 6) is 1.17. The highest BCUT2D eigenvalue weighted by Crippen LogP contribution is 2.26. The lowest BCUT2D eigenvalue weighted by atomic mass is 10.2. The van der Waals surface area contributed by atoms with Crippen LogP contribution in [-0.4, -0.2) is 54.2 Å². The van der Waals surface area contributed by atoms with Gasteiger partial charge in [0, 0.05) is 60.9 Å². The number of carbonyl (C=O) groups is 1. The first kappa shape index (κ1) is 25.5. The Morgan fingerprint density at radius 1 is 1.12 bits per heavy atom. The topological polar surface area (TPSA) is 114 Å². The second kappa shape index (κ2) is 13.6. The van der Waals surface area contributed by atoms with E-state index in [2.05, 4.69) is 5.32 Å². The maximum atomic E-state index is 12.2. The first-order chi connectivity index (χ1) is 15.5. The number of alkyl halides is 2. The van der Waals surface area contributed by atoms with Crippen molar-refractivity contribution >= 4 is 46.4 Å². The number of nitrogens with zero attached hydrogens (tertiary/aromatic N) is 2. The van der Waals surface area contributed by atoms with Gasteiger partial charge in [-0.25, -0.2) is 4.79 Å². The van der Waals surface area contributed by atoms with Crippen molar-refractivity contribution in [1.82, 2.24) is 0 Å². The van der Waals surface area contributed by atoms with Crippen molar-refractivity contribution in [2.45, 2.75) is 13.0 Å². The number of nitro benzene ring substituents is 1. The van der Waals surface area contributed by atoms with Crippen LogP contribution in [0.4, 0.5) is 21.9 Å². The first-order valence-electron chi connectivity index (χ1n) is 9.90. The summed E-state index contributed by atoms with van der Waals surface area (Å²) in [6.45, 7) is 1.27. The van der Waals surface area contributed by atoms with E-state index < -0.39 is 11.0 Å². The van der Waals surface area contributed by atoms with Gasteiger partial charge in [-0.3, -0.25) is 15.4 Å². The molecule has 2 rings (SSSR count). The second-order valence-electron chi connectivity index (χ2n) is 6.59. The van der Waals surface area contributed by atoms with E-state index >= 15 is 0 Å². The van der Waals surface area contributed by atoms with Crippen LogP contribution in [-0.2, 0) is 11.3 Å². The third-order valence-corrected chi connectivity index (χ3v) is 4.71. The Morgan fingerprint density at radius 3 is 2.41 bits per heavy atom. The van der Waals surface area contributed by atoms with Crippen molar-refractivity contribution < 1.29 is 24.3 Å². The summed E-state index contributed by atoms with van der Waals surface area (Å²) < 4.78 is 10.7. The minimum atomic E-state index is -0.684. The second-order valence-corrected chi connectivity index (χ2v) is 7.34. The molecular formula is C21H25Cl2N3O6. The summed E-state index contributed by atoms with van der Waals surface area (Å²) in [5.41, 5.74) is 1.80. The summed E-state index contributed by atoms with van der Waals surface area (Å²) in [6.07, 6.45) is -0.317. The van der Waals surface area contributed by atoms with Crippen molar-refractivity contribution in [3.05, 3.63) is 58.1 Å². The van der Waals surface area contributed by atoms with Gasteiger partial charge in [-0.2, -0.15) is 0 Å². The molecule has 32 heavy (non-hydrogen) atoms. The lowest BCUT2D eigenvalue weighted by Gasteiger charge is -2.23. The van der Waals surface area contributed by atoms with Crippen LogP contribution in [0.3, 0.4) is 0 Å². The summed E-state index contributed by atoms with van der Waals surface area (Å²) in [5, 5.41) is 22.5. The minimum absolute atomic E-state index is 0.0720. The van der Waals surface area contributed by atoms with Crippen LogP contribution in [0.5, 0.6) is 5.75 Å². The number of rotatable bonds is 13. The van der Waals surface area contributed by atoms with Gasteiger partial charge >= 0.3 is 6.09 Å². The zero-order valence-corrected chi connectivity index (χ0v) is 18.8. The molecule has 9 nitrogen and oxygen atoms in total. The van der Waals surface area contributed by atoms with Gasteiger partial charge in [0.25, 0.3) is 5.69 Å². The lowest BCUT2D eigenvalue weighted by molar-refractivity contribution is -0.385. The van der Waals surface area contributed by atoms with Gasteiger partial charge in [0.15, 0.2) is 0 Å². The molecule has 0 aliphatic rings. The highest BCUT2D eigenvalue weighted by atomic mass is 35.5. The smallest absolute Gasteiger partial charge is 0.411 e. The predicted molar refractivity (Wildman–Crippen MR) is 124 cm³/mol. The molecule has 0 saturated carbocycles. The number of hydrogen-bond acceptors (Lipinski definition) is 7. The molecule has 0 aromatic heterocycles. The quantitative estimate of drug-likeness (QED) is 0.187. The van der Waals surface area contributed by atoms with E-state index in [4.69, 9.17) is 37.8 Å². The van der Waals surface area contributed by atoms with E-state index in [1.807, 2.05) is 17.0 Å². The minimum Gasteiger partial charge on any atom is -0.493 e. The number of hydrogen-bond donors (Lipinski definition) is 2. The van der Waals surface area contributed by atoms with Crippen LogP contribution < -0.4 is 15.0 Å². The standard InChI is InChI=1S/C21H25Cl2N3O6/c22-8-10-25(11-9-23)18-6-3-17(4-7-18)24-21(28)32-15-16-2-5-19(26(29)30)14-20(16)31-13-1-12-27/h2-7,14,27H,1,8-13,15H2,(H,24,28). The molecule has 0 spiro atoms. The fraction of sp³-hybridized carbons (Fsp3) is 0.381. The van der Waals surface area contributed by atoms with Crippen LogP contribution in [0.25, 0.3) is 0 Å². The number of halogens is 2. The van der Waals surface area contributed by atoms with Crippen LogP contribution in [0, 0.1) is 10.1 Å². The number of non-ortho nitro benzene ring substituents is 1. The zero-order valence-electron chi connectivity index (χ0n) is 17.3. The Kier molecular flexibility index (Phi) is 10.9. The Balaban J connectivity index is 1.97. The number of nitrogens with one attached hydrogen (secondary N) is 1. The Morgan fingerprint density at radius 2 is 1.81 bits per heavy atom. The van der Waals surface area contributed by atoms with Crippen LogP contribution in [0.1, 0.15) is 12.0 Å². The van der Waals surface area contributed by atoms with Gasteiger partial charge in [0.05, 0.1) is 17.6 Å². The molecule has 0 saturated heterocycles. The number of aliphatic hydroxyl groups excluding tert-OH is 1. The third kappa shape index (κ3) is 8.07. The summed E-state index contributed by atoms with van der Waals surface area (Å²) in [7, 11) is 0. The molecule has 0 aliphatic heterocycles. The van der Waals surface area contributed by atoms with E-state index in [0.29, 0.717) is 42.5 Å². The average Bonchev–Trinajstić information content (AvgIpc) is 2.78. The van der Waals surface area contributed by atoms with Crippen LogP contribution in [0.2, 0.25) is 0 Å². The number of anilines is 2. The molecule has 0 unspecified atom stereocenters.